The molecule has 1 amide bonds. The number of hydrogen-bond donors (Lipinski definition) is 2. The summed E-state index contributed by atoms with van der Waals surface area (Å²) in [5.74, 6) is 0.836. The fourth-order valence-corrected chi connectivity index (χ4v) is 7.86. The van der Waals surface area contributed by atoms with Crippen molar-refractivity contribution in [1.82, 2.24) is 9.88 Å². The number of pyridine rings is 1. The van der Waals surface area contributed by atoms with Crippen molar-refractivity contribution in [2.45, 2.75) is 18.4 Å². The third kappa shape index (κ3) is 8.17. The summed E-state index contributed by atoms with van der Waals surface area (Å²) >= 11 is 0. The van der Waals surface area contributed by atoms with Crippen LogP contribution in [0.3, 0.4) is 0 Å². The Hall–Kier alpha value is -4.30. The summed E-state index contributed by atoms with van der Waals surface area (Å²) in [6.07, 6.45) is 1.37. The van der Waals surface area contributed by atoms with Crippen molar-refractivity contribution in [2.75, 3.05) is 65.8 Å². The van der Waals surface area contributed by atoms with Gasteiger partial charge in [-0.3, -0.25) is 14.4 Å². The summed E-state index contributed by atoms with van der Waals surface area (Å²) < 4.78 is 57.7. The number of sulfonamides is 1. The Morgan fingerprint density at radius 3 is 2.21 bits per heavy atom. The van der Waals surface area contributed by atoms with Gasteiger partial charge in [-0.2, -0.15) is 0 Å². The van der Waals surface area contributed by atoms with E-state index in [1.54, 1.807) is 36.4 Å². The molecule has 2 aliphatic heterocycles. The highest BCUT2D eigenvalue weighted by Gasteiger charge is 2.22. The third-order valence-electron chi connectivity index (χ3n) is 8.37. The van der Waals surface area contributed by atoms with E-state index in [0.717, 1.165) is 22.3 Å². The summed E-state index contributed by atoms with van der Waals surface area (Å²) in [5, 5.41) is 2.92. The van der Waals surface area contributed by atoms with Crippen molar-refractivity contribution in [2.24, 2.45) is 0 Å². The molecule has 0 saturated carbocycles. The summed E-state index contributed by atoms with van der Waals surface area (Å²) in [7, 11) is -6.79. The number of benzene rings is 3. The van der Waals surface area contributed by atoms with Crippen molar-refractivity contribution in [3.05, 3.63) is 102 Å². The third-order valence-corrected chi connectivity index (χ3v) is 11.3. The quantitative estimate of drug-likeness (QED) is 0.268. The Bertz CT molecular complexity index is 1930. The topological polar surface area (TPSA) is 138 Å². The molecule has 246 valence electrons. The number of hydrogen-bond acceptors (Lipinski definition) is 9. The molecular weight excluding hydrogens is 639 g/mol. The zero-order valence-electron chi connectivity index (χ0n) is 26.1. The molecule has 0 bridgehead atoms. The average molecular weight is 676 g/mol. The number of ether oxygens (including phenoxy) is 1. The first-order chi connectivity index (χ1) is 22.5. The van der Waals surface area contributed by atoms with Crippen LogP contribution in [-0.2, 0) is 31.1 Å². The molecule has 47 heavy (non-hydrogen) atoms. The molecule has 2 N–H and O–H groups in total. The zero-order valence-corrected chi connectivity index (χ0v) is 27.7. The van der Waals surface area contributed by atoms with Gasteiger partial charge in [0.25, 0.3) is 15.9 Å². The van der Waals surface area contributed by atoms with E-state index in [-0.39, 0.29) is 22.3 Å². The van der Waals surface area contributed by atoms with Crippen LogP contribution in [0.4, 0.5) is 17.2 Å². The summed E-state index contributed by atoms with van der Waals surface area (Å²) in [5.41, 5.74) is 5.23. The number of nitrogens with zero attached hydrogens (tertiary/aromatic N) is 3. The Morgan fingerprint density at radius 1 is 0.872 bits per heavy atom. The maximum atomic E-state index is 13.2. The monoisotopic (exact) mass is 675 g/mol. The van der Waals surface area contributed by atoms with E-state index in [9.17, 15) is 21.6 Å². The molecular formula is C34H37N5O6S2. The van der Waals surface area contributed by atoms with Crippen LogP contribution in [0.15, 0.2) is 90.0 Å². The molecule has 2 saturated heterocycles. The molecule has 1 aromatic heterocycles. The van der Waals surface area contributed by atoms with Crippen LogP contribution in [0.25, 0.3) is 11.1 Å². The van der Waals surface area contributed by atoms with E-state index in [1.165, 1.54) is 6.20 Å². The molecule has 3 aromatic carbocycles. The van der Waals surface area contributed by atoms with E-state index >= 15 is 0 Å². The molecule has 11 nitrogen and oxygen atoms in total. The highest BCUT2D eigenvalue weighted by Crippen LogP contribution is 2.29. The second-order valence-electron chi connectivity index (χ2n) is 11.7. The number of morpholine rings is 1. The Balaban J connectivity index is 1.08. The molecule has 0 spiro atoms. The largest absolute Gasteiger partial charge is 0.378 e. The van der Waals surface area contributed by atoms with Gasteiger partial charge in [-0.05, 0) is 77.7 Å². The summed E-state index contributed by atoms with van der Waals surface area (Å²) in [6.45, 7) is 6.30. The van der Waals surface area contributed by atoms with Gasteiger partial charge < -0.3 is 15.0 Å². The van der Waals surface area contributed by atoms with Crippen LogP contribution in [0, 0.1) is 6.92 Å². The van der Waals surface area contributed by atoms with Crippen LogP contribution < -0.4 is 14.9 Å². The number of carbonyl (C=O) groups is 1. The minimum atomic E-state index is -3.87. The maximum absolute atomic E-state index is 13.2. The van der Waals surface area contributed by atoms with E-state index < -0.39 is 19.9 Å². The van der Waals surface area contributed by atoms with Gasteiger partial charge in [0, 0.05) is 55.9 Å². The fraction of sp³-hybridized carbons (Fsp3) is 0.294. The predicted octanol–water partition coefficient (Wildman–Crippen LogP) is 4.18. The lowest BCUT2D eigenvalue weighted by molar-refractivity contribution is 0.102. The molecule has 0 unspecified atom stereocenters. The minimum Gasteiger partial charge on any atom is -0.378 e. The van der Waals surface area contributed by atoms with Gasteiger partial charge in [-0.25, -0.2) is 21.8 Å². The Morgan fingerprint density at radius 2 is 1.55 bits per heavy atom. The average Bonchev–Trinajstić information content (AvgIpc) is 3.08. The summed E-state index contributed by atoms with van der Waals surface area (Å²) in [6, 6.07) is 23.3. The first kappa shape index (κ1) is 32.6. The number of carbonyl (C=O) groups excluding carboxylic acids is 1. The molecule has 4 aromatic rings. The number of aryl methyl sites for hydroxylation is 1. The molecule has 3 heterocycles. The zero-order chi connectivity index (χ0) is 33.0. The molecule has 0 aliphatic carbocycles. The molecule has 6 rings (SSSR count). The maximum Gasteiger partial charge on any atom is 0.263 e. The van der Waals surface area contributed by atoms with Crippen LogP contribution in [0.1, 0.15) is 21.5 Å². The van der Waals surface area contributed by atoms with Crippen molar-refractivity contribution in [3.63, 3.8) is 0 Å². The normalized spacial score (nSPS) is 16.8. The van der Waals surface area contributed by atoms with Crippen molar-refractivity contribution >= 4 is 43.0 Å². The molecule has 13 heteroatoms. The van der Waals surface area contributed by atoms with E-state index in [2.05, 4.69) is 24.8 Å². The number of anilines is 3. The van der Waals surface area contributed by atoms with E-state index in [4.69, 9.17) is 4.74 Å². The molecule has 0 radical (unpaired) electrons. The fourth-order valence-electron chi connectivity index (χ4n) is 5.59. The lowest BCUT2D eigenvalue weighted by Gasteiger charge is -2.27. The highest BCUT2D eigenvalue weighted by atomic mass is 32.2. The highest BCUT2D eigenvalue weighted by molar-refractivity contribution is 7.92. The smallest absolute Gasteiger partial charge is 0.263 e. The second kappa shape index (κ2) is 13.8. The molecule has 0 atom stereocenters. The van der Waals surface area contributed by atoms with Gasteiger partial charge in [0.1, 0.15) is 10.7 Å². The lowest BCUT2D eigenvalue weighted by Crippen LogP contribution is -2.39. The van der Waals surface area contributed by atoms with Crippen molar-refractivity contribution in [1.29, 1.82) is 0 Å². The first-order valence-electron chi connectivity index (χ1n) is 15.4. The van der Waals surface area contributed by atoms with E-state index in [1.807, 2.05) is 49.4 Å². The minimum absolute atomic E-state index is 0.0706. The number of sulfone groups is 1. The van der Waals surface area contributed by atoms with Gasteiger partial charge >= 0.3 is 0 Å². The standard InChI is InChI=1S/C34H37N5O6S2/c1-25-2-9-30(37-47(43,44)31-12-13-33(35-23-31)39-14-18-45-19-15-39)22-32(25)27-5-7-28(8-6-27)34(40)36-29-10-3-26(4-11-29)24-38-16-20-46(41,42)21-17-38/h2-13,22-23,37H,14-21,24H2,1H3,(H,36,40). The number of amides is 1. The van der Waals surface area contributed by atoms with E-state index in [0.29, 0.717) is 68.7 Å². The van der Waals surface area contributed by atoms with Gasteiger partial charge in [0.2, 0.25) is 0 Å². The first-order valence-corrected chi connectivity index (χ1v) is 18.7. The number of aromatic nitrogens is 1. The van der Waals surface area contributed by atoms with Gasteiger partial charge in [-0.15, -0.1) is 0 Å². The SMILES string of the molecule is Cc1ccc(NS(=O)(=O)c2ccc(N3CCOCC3)nc2)cc1-c1ccc(C(=O)Nc2ccc(CN3CCS(=O)(=O)CC3)cc2)cc1. The van der Waals surface area contributed by atoms with Crippen LogP contribution >= 0.6 is 0 Å². The van der Waals surface area contributed by atoms with Gasteiger partial charge in [-0.1, -0.05) is 30.3 Å². The lowest BCUT2D eigenvalue weighted by atomic mass is 9.99. The number of rotatable bonds is 9. The van der Waals surface area contributed by atoms with Crippen LogP contribution in [0.5, 0.6) is 0 Å². The molecule has 2 fully saturated rings. The van der Waals surface area contributed by atoms with Gasteiger partial charge in [0.05, 0.1) is 24.7 Å². The van der Waals surface area contributed by atoms with Crippen molar-refractivity contribution in [3.8, 4) is 11.1 Å². The van der Waals surface area contributed by atoms with Gasteiger partial charge in [0.15, 0.2) is 9.84 Å². The Labute approximate surface area is 275 Å². The summed E-state index contributed by atoms with van der Waals surface area (Å²) in [4.78, 5) is 21.6. The predicted molar refractivity (Wildman–Crippen MR) is 183 cm³/mol. The molecule has 2 aliphatic rings. The van der Waals surface area contributed by atoms with Crippen LogP contribution in [0.2, 0.25) is 0 Å². The second-order valence-corrected chi connectivity index (χ2v) is 15.7. The number of nitrogens with one attached hydrogen (secondary N) is 2. The Kier molecular flexibility index (Phi) is 9.60. The van der Waals surface area contributed by atoms with Crippen molar-refractivity contribution < 1.29 is 26.4 Å². The van der Waals surface area contributed by atoms with Crippen LogP contribution in [-0.4, -0.2) is 83.5 Å².